The Morgan fingerprint density at radius 3 is 2.90 bits per heavy atom. The summed E-state index contributed by atoms with van der Waals surface area (Å²) in [5.74, 6) is -0.793. The van der Waals surface area contributed by atoms with Crippen LogP contribution in [0.15, 0.2) is 4.99 Å². The third-order valence-corrected chi connectivity index (χ3v) is 1.68. The Labute approximate surface area is 59.8 Å². The molecule has 0 saturated carbocycles. The van der Waals surface area contributed by atoms with Crippen LogP contribution in [0.5, 0.6) is 0 Å². The van der Waals surface area contributed by atoms with E-state index in [-0.39, 0.29) is 0 Å². The largest absolute Gasteiger partial charge is 0.480 e. The number of carboxylic acids is 1. The van der Waals surface area contributed by atoms with Gasteiger partial charge in [0, 0.05) is 5.71 Å². The van der Waals surface area contributed by atoms with Crippen molar-refractivity contribution in [2.24, 2.45) is 4.99 Å². The number of hydrogen-bond donors (Lipinski definition) is 1. The Bertz CT molecular complexity index is 174. The number of carbonyl (C=O) groups is 1. The van der Waals surface area contributed by atoms with E-state index in [0.717, 1.165) is 18.6 Å². The van der Waals surface area contributed by atoms with Gasteiger partial charge in [-0.25, -0.2) is 4.79 Å². The summed E-state index contributed by atoms with van der Waals surface area (Å²) in [5.41, 5.74) is 0.971. The summed E-state index contributed by atoms with van der Waals surface area (Å²) >= 11 is 0. The highest BCUT2D eigenvalue weighted by Gasteiger charge is 2.18. The van der Waals surface area contributed by atoms with Crippen molar-refractivity contribution in [2.75, 3.05) is 0 Å². The lowest BCUT2D eigenvalue weighted by molar-refractivity contribution is -0.138. The Balaban J connectivity index is 2.62. The average molecular weight is 141 g/mol. The van der Waals surface area contributed by atoms with Crippen LogP contribution in [0.2, 0.25) is 0 Å². The van der Waals surface area contributed by atoms with Crippen molar-refractivity contribution in [3.63, 3.8) is 0 Å². The fraction of sp³-hybridized carbons (Fsp3) is 0.714. The van der Waals surface area contributed by atoms with Gasteiger partial charge in [-0.1, -0.05) is 0 Å². The summed E-state index contributed by atoms with van der Waals surface area (Å²) in [4.78, 5) is 14.4. The second-order valence-corrected chi connectivity index (χ2v) is 2.61. The molecule has 0 saturated heterocycles. The predicted octanol–water partition coefficient (Wildman–Crippen LogP) is 1.08. The summed E-state index contributed by atoms with van der Waals surface area (Å²) < 4.78 is 0. The van der Waals surface area contributed by atoms with Crippen LogP contribution in [0, 0.1) is 0 Å². The van der Waals surface area contributed by atoms with Crippen molar-refractivity contribution in [1.82, 2.24) is 0 Å². The SMILES string of the molecule is CC1=N[C@H](C(=O)O)CCC1. The van der Waals surface area contributed by atoms with Crippen LogP contribution in [-0.2, 0) is 4.79 Å². The maximum absolute atomic E-state index is 10.4. The summed E-state index contributed by atoms with van der Waals surface area (Å²) in [6.07, 6.45) is 2.63. The van der Waals surface area contributed by atoms with Gasteiger partial charge in [-0.05, 0) is 26.2 Å². The lowest BCUT2D eigenvalue weighted by Gasteiger charge is -2.13. The van der Waals surface area contributed by atoms with Crippen LogP contribution in [-0.4, -0.2) is 22.8 Å². The van der Waals surface area contributed by atoms with E-state index in [0.29, 0.717) is 6.42 Å². The molecule has 0 aromatic carbocycles. The first-order chi connectivity index (χ1) is 4.70. The van der Waals surface area contributed by atoms with Gasteiger partial charge < -0.3 is 5.11 Å². The predicted molar refractivity (Wildman–Crippen MR) is 38.4 cm³/mol. The fourth-order valence-corrected chi connectivity index (χ4v) is 1.13. The minimum Gasteiger partial charge on any atom is -0.480 e. The van der Waals surface area contributed by atoms with E-state index >= 15 is 0 Å². The summed E-state index contributed by atoms with van der Waals surface area (Å²) in [6, 6.07) is -0.464. The third-order valence-electron chi connectivity index (χ3n) is 1.68. The second kappa shape index (κ2) is 2.82. The first-order valence-electron chi connectivity index (χ1n) is 3.46. The van der Waals surface area contributed by atoms with Crippen LogP contribution in [0.4, 0.5) is 0 Å². The molecule has 0 aromatic heterocycles. The van der Waals surface area contributed by atoms with Crippen molar-refractivity contribution >= 4 is 11.7 Å². The zero-order valence-electron chi connectivity index (χ0n) is 6.00. The molecule has 0 amide bonds. The van der Waals surface area contributed by atoms with Gasteiger partial charge in [0.05, 0.1) is 0 Å². The number of aliphatic carboxylic acids is 1. The fourth-order valence-electron chi connectivity index (χ4n) is 1.13. The van der Waals surface area contributed by atoms with E-state index in [1.54, 1.807) is 0 Å². The summed E-state index contributed by atoms with van der Waals surface area (Å²) in [7, 11) is 0. The Morgan fingerprint density at radius 2 is 2.50 bits per heavy atom. The Morgan fingerprint density at radius 1 is 1.80 bits per heavy atom. The van der Waals surface area contributed by atoms with Gasteiger partial charge in [-0.2, -0.15) is 0 Å². The maximum Gasteiger partial charge on any atom is 0.328 e. The minimum absolute atomic E-state index is 0.464. The van der Waals surface area contributed by atoms with Gasteiger partial charge in [0.15, 0.2) is 0 Å². The molecule has 0 aromatic rings. The quantitative estimate of drug-likeness (QED) is 0.594. The number of carboxylic acid groups (broad SMARTS) is 1. The van der Waals surface area contributed by atoms with Crippen LogP contribution in [0.3, 0.4) is 0 Å². The van der Waals surface area contributed by atoms with E-state index in [4.69, 9.17) is 5.11 Å². The molecule has 1 heterocycles. The van der Waals surface area contributed by atoms with E-state index < -0.39 is 12.0 Å². The molecule has 1 N–H and O–H groups in total. The molecule has 0 aliphatic carbocycles. The molecule has 3 nitrogen and oxygen atoms in total. The van der Waals surface area contributed by atoms with Gasteiger partial charge in [-0.3, -0.25) is 4.99 Å². The van der Waals surface area contributed by atoms with Crippen LogP contribution in [0.1, 0.15) is 26.2 Å². The number of aliphatic imine (C=N–C) groups is 1. The normalized spacial score (nSPS) is 25.7. The first-order valence-corrected chi connectivity index (χ1v) is 3.46. The molecule has 0 spiro atoms. The maximum atomic E-state index is 10.4. The standard InChI is InChI=1S/C7H11NO2/c1-5-3-2-4-6(8-5)7(9)10/h6H,2-4H2,1H3,(H,9,10)/t6-/m0/s1. The van der Waals surface area contributed by atoms with E-state index in [1.165, 1.54) is 0 Å². The minimum atomic E-state index is -0.793. The van der Waals surface area contributed by atoms with Gasteiger partial charge in [0.25, 0.3) is 0 Å². The Hall–Kier alpha value is -0.860. The second-order valence-electron chi connectivity index (χ2n) is 2.61. The van der Waals surface area contributed by atoms with Crippen molar-refractivity contribution in [1.29, 1.82) is 0 Å². The first kappa shape index (κ1) is 7.25. The molecule has 1 rings (SSSR count). The van der Waals surface area contributed by atoms with Crippen LogP contribution in [0.25, 0.3) is 0 Å². The molecule has 10 heavy (non-hydrogen) atoms. The van der Waals surface area contributed by atoms with Gasteiger partial charge in [0.1, 0.15) is 6.04 Å². The van der Waals surface area contributed by atoms with Gasteiger partial charge in [-0.15, -0.1) is 0 Å². The highest BCUT2D eigenvalue weighted by molar-refractivity contribution is 5.86. The molecule has 3 heteroatoms. The monoisotopic (exact) mass is 141 g/mol. The van der Waals surface area contributed by atoms with E-state index in [2.05, 4.69) is 4.99 Å². The van der Waals surface area contributed by atoms with Gasteiger partial charge in [0.2, 0.25) is 0 Å². The lowest BCUT2D eigenvalue weighted by Crippen LogP contribution is -2.22. The molecule has 0 bridgehead atoms. The third kappa shape index (κ3) is 1.56. The van der Waals surface area contributed by atoms with Gasteiger partial charge >= 0.3 is 5.97 Å². The van der Waals surface area contributed by atoms with Crippen molar-refractivity contribution < 1.29 is 9.90 Å². The average Bonchev–Trinajstić information content (AvgIpc) is 1.88. The highest BCUT2D eigenvalue weighted by Crippen LogP contribution is 2.12. The zero-order valence-corrected chi connectivity index (χ0v) is 6.00. The number of nitrogens with zero attached hydrogens (tertiary/aromatic N) is 1. The molecule has 1 aliphatic rings. The number of rotatable bonds is 1. The van der Waals surface area contributed by atoms with Crippen molar-refractivity contribution in [3.05, 3.63) is 0 Å². The molecule has 0 radical (unpaired) electrons. The molecule has 1 atom stereocenters. The highest BCUT2D eigenvalue weighted by atomic mass is 16.4. The smallest absolute Gasteiger partial charge is 0.328 e. The molecule has 0 unspecified atom stereocenters. The molecular weight excluding hydrogens is 130 g/mol. The molecule has 56 valence electrons. The summed E-state index contributed by atoms with van der Waals surface area (Å²) in [6.45, 7) is 1.88. The molecular formula is C7H11NO2. The van der Waals surface area contributed by atoms with E-state index in [1.807, 2.05) is 6.92 Å². The Kier molecular flexibility index (Phi) is 2.04. The molecule has 1 aliphatic heterocycles. The van der Waals surface area contributed by atoms with Crippen molar-refractivity contribution in [3.8, 4) is 0 Å². The van der Waals surface area contributed by atoms with Crippen molar-refractivity contribution in [2.45, 2.75) is 32.2 Å². The topological polar surface area (TPSA) is 49.7 Å². The number of hydrogen-bond acceptors (Lipinski definition) is 2. The van der Waals surface area contributed by atoms with E-state index in [9.17, 15) is 4.79 Å². The van der Waals surface area contributed by atoms with Crippen LogP contribution >= 0.6 is 0 Å². The lowest BCUT2D eigenvalue weighted by atomic mass is 10.0. The van der Waals surface area contributed by atoms with Crippen LogP contribution < -0.4 is 0 Å². The summed E-state index contributed by atoms with van der Waals surface area (Å²) in [5, 5.41) is 8.55. The zero-order chi connectivity index (χ0) is 7.56. The molecule has 0 fully saturated rings.